The van der Waals surface area contributed by atoms with Gasteiger partial charge in [-0.15, -0.1) is 0 Å². The average molecular weight is 386 g/mol. The highest BCUT2D eigenvalue weighted by Gasteiger charge is 2.48. The SMILES string of the molecule is Cc1cc2cccc3c2c(c1C)-c1c(c(CC(C)(C)C(F)(F)F)cc[n+]1C)O3. The zero-order valence-electron chi connectivity index (χ0n) is 16.7. The summed E-state index contributed by atoms with van der Waals surface area (Å²) < 4.78 is 48.7. The van der Waals surface area contributed by atoms with Crippen molar-refractivity contribution in [2.24, 2.45) is 12.5 Å². The maximum absolute atomic E-state index is 13.5. The predicted molar refractivity (Wildman–Crippen MR) is 104 cm³/mol. The first-order valence-electron chi connectivity index (χ1n) is 9.30. The van der Waals surface area contributed by atoms with Crippen LogP contribution in [0.2, 0.25) is 0 Å². The van der Waals surface area contributed by atoms with Gasteiger partial charge in [-0.2, -0.15) is 17.7 Å². The molecule has 0 unspecified atom stereocenters. The minimum atomic E-state index is -4.29. The smallest absolute Gasteiger partial charge is 0.394 e. The molecule has 0 fully saturated rings. The molecular formula is C23H23F3NO+. The third kappa shape index (κ3) is 2.67. The Morgan fingerprint density at radius 3 is 2.46 bits per heavy atom. The molecule has 0 bridgehead atoms. The van der Waals surface area contributed by atoms with Crippen LogP contribution in [0.5, 0.6) is 11.5 Å². The van der Waals surface area contributed by atoms with Gasteiger partial charge in [-0.25, -0.2) is 0 Å². The second-order valence-electron chi connectivity index (χ2n) is 8.34. The molecule has 2 nitrogen and oxygen atoms in total. The molecule has 0 atom stereocenters. The molecule has 2 aromatic carbocycles. The van der Waals surface area contributed by atoms with Crippen LogP contribution >= 0.6 is 0 Å². The van der Waals surface area contributed by atoms with Crippen molar-refractivity contribution in [3.05, 3.63) is 53.2 Å². The van der Waals surface area contributed by atoms with E-state index in [1.54, 1.807) is 6.07 Å². The first kappa shape index (κ1) is 18.8. The second-order valence-corrected chi connectivity index (χ2v) is 8.34. The lowest BCUT2D eigenvalue weighted by atomic mass is 9.83. The molecule has 0 saturated carbocycles. The number of ether oxygens (including phenoxy) is 1. The van der Waals surface area contributed by atoms with Crippen molar-refractivity contribution in [2.45, 2.75) is 40.3 Å². The first-order chi connectivity index (χ1) is 13.0. The summed E-state index contributed by atoms with van der Waals surface area (Å²) in [4.78, 5) is 0. The highest BCUT2D eigenvalue weighted by molar-refractivity contribution is 6.04. The van der Waals surface area contributed by atoms with E-state index in [-0.39, 0.29) is 6.42 Å². The normalized spacial score (nSPS) is 13.4. The minimum Gasteiger partial charge on any atom is -0.449 e. The van der Waals surface area contributed by atoms with E-state index >= 15 is 0 Å². The van der Waals surface area contributed by atoms with Gasteiger partial charge >= 0.3 is 6.18 Å². The van der Waals surface area contributed by atoms with Crippen LogP contribution in [0.1, 0.15) is 30.5 Å². The molecule has 5 heteroatoms. The van der Waals surface area contributed by atoms with Crippen LogP contribution in [0.15, 0.2) is 36.5 Å². The number of hydrogen-bond acceptors (Lipinski definition) is 1. The molecule has 2 heterocycles. The van der Waals surface area contributed by atoms with E-state index in [9.17, 15) is 13.2 Å². The van der Waals surface area contributed by atoms with Crippen molar-refractivity contribution in [3.8, 4) is 22.8 Å². The molecular weight excluding hydrogens is 363 g/mol. The minimum absolute atomic E-state index is 0.143. The highest BCUT2D eigenvalue weighted by Crippen LogP contribution is 2.50. The van der Waals surface area contributed by atoms with Gasteiger partial charge in [0.2, 0.25) is 5.75 Å². The topological polar surface area (TPSA) is 13.1 Å². The third-order valence-electron chi connectivity index (χ3n) is 5.85. The van der Waals surface area contributed by atoms with Crippen molar-refractivity contribution in [1.29, 1.82) is 0 Å². The van der Waals surface area contributed by atoms with Crippen LogP contribution in [-0.4, -0.2) is 6.18 Å². The number of alkyl halides is 3. The van der Waals surface area contributed by atoms with Crippen molar-refractivity contribution in [1.82, 2.24) is 0 Å². The highest BCUT2D eigenvalue weighted by atomic mass is 19.4. The lowest BCUT2D eigenvalue weighted by molar-refractivity contribution is -0.660. The Hall–Kier alpha value is -2.56. The van der Waals surface area contributed by atoms with Crippen molar-refractivity contribution < 1.29 is 22.5 Å². The fraction of sp³-hybridized carbons (Fsp3) is 0.348. The van der Waals surface area contributed by atoms with Gasteiger partial charge in [0, 0.05) is 17.0 Å². The Morgan fingerprint density at radius 2 is 1.79 bits per heavy atom. The predicted octanol–water partition coefficient (Wildman–Crippen LogP) is 6.18. The Labute approximate surface area is 162 Å². The van der Waals surface area contributed by atoms with E-state index in [4.69, 9.17) is 4.74 Å². The molecule has 0 saturated heterocycles. The zero-order valence-corrected chi connectivity index (χ0v) is 16.7. The van der Waals surface area contributed by atoms with Crippen LogP contribution in [0.3, 0.4) is 0 Å². The fourth-order valence-corrected chi connectivity index (χ4v) is 3.94. The lowest BCUT2D eigenvalue weighted by Gasteiger charge is -2.29. The largest absolute Gasteiger partial charge is 0.449 e. The number of aryl methyl sites for hydroxylation is 2. The van der Waals surface area contributed by atoms with E-state index < -0.39 is 11.6 Å². The maximum atomic E-state index is 13.5. The lowest BCUT2D eigenvalue weighted by Crippen LogP contribution is -2.36. The van der Waals surface area contributed by atoms with Crippen molar-refractivity contribution >= 4 is 10.8 Å². The summed E-state index contributed by atoms with van der Waals surface area (Å²) in [5, 5.41) is 2.09. The molecule has 0 spiro atoms. The number of nitrogens with zero attached hydrogens (tertiary/aromatic N) is 1. The van der Waals surface area contributed by atoms with Gasteiger partial charge in [-0.05, 0) is 42.8 Å². The molecule has 0 amide bonds. The Morgan fingerprint density at radius 1 is 1.07 bits per heavy atom. The van der Waals surface area contributed by atoms with Gasteiger partial charge in [0.15, 0.2) is 6.20 Å². The number of aromatic nitrogens is 1. The Bertz CT molecular complexity index is 1110. The molecule has 1 aliphatic heterocycles. The van der Waals surface area contributed by atoms with Gasteiger partial charge in [-0.3, -0.25) is 0 Å². The molecule has 1 aliphatic rings. The standard InChI is InChI=1S/C23H23F3NO/c1-13-11-15-7-6-8-17-19(15)18(14(13)2)20-21(28-17)16(9-10-27(20)5)12-22(3,4)23(24,25)26/h6-11H,12H2,1-5H3/q+1. The van der Waals surface area contributed by atoms with Crippen LogP contribution in [0.4, 0.5) is 13.2 Å². The van der Waals surface area contributed by atoms with Crippen LogP contribution in [0, 0.1) is 19.3 Å². The number of pyridine rings is 1. The summed E-state index contributed by atoms with van der Waals surface area (Å²) in [7, 11) is 1.91. The van der Waals surface area contributed by atoms with Gasteiger partial charge in [0.25, 0.3) is 5.69 Å². The number of hydrogen-bond donors (Lipinski definition) is 0. The molecule has 28 heavy (non-hydrogen) atoms. The first-order valence-corrected chi connectivity index (χ1v) is 9.30. The average Bonchev–Trinajstić information content (AvgIpc) is 2.60. The summed E-state index contributed by atoms with van der Waals surface area (Å²) in [5.74, 6) is 1.22. The molecule has 0 aliphatic carbocycles. The number of fused-ring (bicyclic) bond motifs is 2. The van der Waals surface area contributed by atoms with E-state index in [0.717, 1.165) is 33.2 Å². The maximum Gasteiger partial charge on any atom is 0.394 e. The van der Waals surface area contributed by atoms with Crippen molar-refractivity contribution in [2.75, 3.05) is 0 Å². The molecule has 4 rings (SSSR count). The summed E-state index contributed by atoms with van der Waals surface area (Å²) in [6.07, 6.45) is -2.61. The Balaban J connectivity index is 2.01. The van der Waals surface area contributed by atoms with E-state index in [1.165, 1.54) is 13.8 Å². The van der Waals surface area contributed by atoms with E-state index in [0.29, 0.717) is 17.1 Å². The third-order valence-corrected chi connectivity index (χ3v) is 5.85. The number of rotatable bonds is 2. The van der Waals surface area contributed by atoms with Crippen LogP contribution < -0.4 is 9.30 Å². The van der Waals surface area contributed by atoms with Crippen molar-refractivity contribution in [3.63, 3.8) is 0 Å². The summed E-state index contributed by atoms with van der Waals surface area (Å²) >= 11 is 0. The molecule has 146 valence electrons. The van der Waals surface area contributed by atoms with Gasteiger partial charge in [0.05, 0.1) is 11.0 Å². The monoisotopic (exact) mass is 386 g/mol. The van der Waals surface area contributed by atoms with Gasteiger partial charge in [-0.1, -0.05) is 32.0 Å². The molecule has 0 radical (unpaired) electrons. The molecule has 1 aromatic heterocycles. The van der Waals surface area contributed by atoms with E-state index in [1.807, 2.05) is 36.0 Å². The van der Waals surface area contributed by atoms with Gasteiger partial charge < -0.3 is 4.74 Å². The number of halogens is 3. The van der Waals surface area contributed by atoms with Gasteiger partial charge in [0.1, 0.15) is 12.8 Å². The quantitative estimate of drug-likeness (QED) is 0.375. The fourth-order valence-electron chi connectivity index (χ4n) is 3.94. The summed E-state index contributed by atoms with van der Waals surface area (Å²) in [6.45, 7) is 6.59. The van der Waals surface area contributed by atoms with E-state index in [2.05, 4.69) is 19.9 Å². The number of benzene rings is 2. The molecule has 0 N–H and O–H groups in total. The van der Waals surface area contributed by atoms with Crippen LogP contribution in [-0.2, 0) is 13.5 Å². The zero-order chi connectivity index (χ0) is 20.4. The van der Waals surface area contributed by atoms with Crippen LogP contribution in [0.25, 0.3) is 22.0 Å². The second kappa shape index (κ2) is 5.97. The molecule has 3 aromatic rings. The summed E-state index contributed by atoms with van der Waals surface area (Å²) in [6, 6.07) is 9.71. The summed E-state index contributed by atoms with van der Waals surface area (Å²) in [5.41, 5.74) is 2.86. The Kier molecular flexibility index (Phi) is 4.00.